The summed E-state index contributed by atoms with van der Waals surface area (Å²) in [5, 5.41) is 0. The minimum absolute atomic E-state index is 0.374. The molecular weight excluding hydrogens is 208 g/mol. The SMILES string of the molecule is CCCOc1cc(C(=O)OC)ccc1C=O. The molecule has 0 heterocycles. The van der Waals surface area contributed by atoms with Gasteiger partial charge in [-0.3, -0.25) is 4.79 Å². The van der Waals surface area contributed by atoms with E-state index < -0.39 is 5.97 Å². The fourth-order valence-corrected chi connectivity index (χ4v) is 1.21. The van der Waals surface area contributed by atoms with Crippen LogP contribution in [0.4, 0.5) is 0 Å². The van der Waals surface area contributed by atoms with Crippen molar-refractivity contribution in [2.45, 2.75) is 13.3 Å². The van der Waals surface area contributed by atoms with Crippen LogP contribution < -0.4 is 4.74 Å². The lowest BCUT2D eigenvalue weighted by Crippen LogP contribution is -2.04. The summed E-state index contributed by atoms with van der Waals surface area (Å²) in [4.78, 5) is 22.0. The van der Waals surface area contributed by atoms with Gasteiger partial charge in [-0.25, -0.2) is 4.79 Å². The molecule has 0 saturated carbocycles. The lowest BCUT2D eigenvalue weighted by Gasteiger charge is -2.08. The largest absolute Gasteiger partial charge is 0.493 e. The molecule has 1 rings (SSSR count). The van der Waals surface area contributed by atoms with Crippen molar-refractivity contribution in [2.75, 3.05) is 13.7 Å². The summed E-state index contributed by atoms with van der Waals surface area (Å²) in [7, 11) is 1.31. The van der Waals surface area contributed by atoms with Crippen LogP contribution in [0.15, 0.2) is 18.2 Å². The van der Waals surface area contributed by atoms with Crippen LogP contribution in [-0.4, -0.2) is 26.0 Å². The van der Waals surface area contributed by atoms with Gasteiger partial charge in [0.2, 0.25) is 0 Å². The first kappa shape index (κ1) is 12.2. The van der Waals surface area contributed by atoms with Gasteiger partial charge in [-0.15, -0.1) is 0 Å². The molecule has 0 bridgehead atoms. The van der Waals surface area contributed by atoms with E-state index in [1.165, 1.54) is 19.2 Å². The highest BCUT2D eigenvalue weighted by atomic mass is 16.5. The Labute approximate surface area is 94.2 Å². The minimum atomic E-state index is -0.446. The maximum atomic E-state index is 11.3. The summed E-state index contributed by atoms with van der Waals surface area (Å²) < 4.78 is 9.96. The molecule has 0 unspecified atom stereocenters. The summed E-state index contributed by atoms with van der Waals surface area (Å²) in [6.07, 6.45) is 1.53. The van der Waals surface area contributed by atoms with E-state index in [1.54, 1.807) is 6.07 Å². The van der Waals surface area contributed by atoms with Crippen molar-refractivity contribution in [3.8, 4) is 5.75 Å². The molecule has 0 aliphatic carbocycles. The summed E-state index contributed by atoms with van der Waals surface area (Å²) in [5.41, 5.74) is 0.806. The number of carbonyl (C=O) groups is 2. The van der Waals surface area contributed by atoms with Crippen LogP contribution in [0.5, 0.6) is 5.75 Å². The maximum absolute atomic E-state index is 11.3. The number of esters is 1. The first-order valence-electron chi connectivity index (χ1n) is 5.03. The van der Waals surface area contributed by atoms with Gasteiger partial charge in [0.25, 0.3) is 0 Å². The monoisotopic (exact) mass is 222 g/mol. The molecule has 0 amide bonds. The van der Waals surface area contributed by atoms with Gasteiger partial charge in [0, 0.05) is 0 Å². The van der Waals surface area contributed by atoms with Gasteiger partial charge in [0.05, 0.1) is 24.8 Å². The average Bonchev–Trinajstić information content (AvgIpc) is 2.34. The molecule has 4 nitrogen and oxygen atoms in total. The molecule has 0 N–H and O–H groups in total. The first-order chi connectivity index (χ1) is 7.72. The molecule has 0 aliphatic heterocycles. The molecule has 0 spiro atoms. The smallest absolute Gasteiger partial charge is 0.337 e. The molecule has 16 heavy (non-hydrogen) atoms. The van der Waals surface area contributed by atoms with Crippen LogP contribution >= 0.6 is 0 Å². The number of methoxy groups -OCH3 is 1. The van der Waals surface area contributed by atoms with Crippen molar-refractivity contribution in [3.63, 3.8) is 0 Å². The van der Waals surface area contributed by atoms with Crippen LogP contribution in [0, 0.1) is 0 Å². The average molecular weight is 222 g/mol. The topological polar surface area (TPSA) is 52.6 Å². The number of ether oxygens (including phenoxy) is 2. The Morgan fingerprint density at radius 1 is 1.44 bits per heavy atom. The van der Waals surface area contributed by atoms with E-state index in [0.717, 1.165) is 6.42 Å². The summed E-state index contributed by atoms with van der Waals surface area (Å²) in [5.74, 6) is -0.0291. The number of carbonyl (C=O) groups excluding carboxylic acids is 2. The van der Waals surface area contributed by atoms with Crippen LogP contribution in [0.2, 0.25) is 0 Å². The van der Waals surface area contributed by atoms with Gasteiger partial charge in [0.1, 0.15) is 5.75 Å². The molecule has 0 aliphatic rings. The molecule has 0 atom stereocenters. The maximum Gasteiger partial charge on any atom is 0.337 e. The number of benzene rings is 1. The quantitative estimate of drug-likeness (QED) is 0.565. The third-order valence-corrected chi connectivity index (χ3v) is 2.02. The normalized spacial score (nSPS) is 9.62. The fraction of sp³-hybridized carbons (Fsp3) is 0.333. The second-order valence-electron chi connectivity index (χ2n) is 3.21. The van der Waals surface area contributed by atoms with E-state index in [1.807, 2.05) is 6.92 Å². The molecule has 0 fully saturated rings. The summed E-state index contributed by atoms with van der Waals surface area (Å²) in [6.45, 7) is 2.47. The molecular formula is C12H14O4. The Balaban J connectivity index is 3.00. The summed E-state index contributed by atoms with van der Waals surface area (Å²) >= 11 is 0. The van der Waals surface area contributed by atoms with Crippen LogP contribution in [0.1, 0.15) is 34.1 Å². The number of rotatable bonds is 5. The number of aldehydes is 1. The van der Waals surface area contributed by atoms with Gasteiger partial charge in [-0.1, -0.05) is 6.92 Å². The van der Waals surface area contributed by atoms with Crippen molar-refractivity contribution in [1.29, 1.82) is 0 Å². The van der Waals surface area contributed by atoms with Crippen molar-refractivity contribution in [1.82, 2.24) is 0 Å². The predicted octanol–water partition coefficient (Wildman–Crippen LogP) is 2.07. The zero-order valence-electron chi connectivity index (χ0n) is 9.36. The van der Waals surface area contributed by atoms with E-state index in [2.05, 4.69) is 4.74 Å². The van der Waals surface area contributed by atoms with Gasteiger partial charge in [-0.05, 0) is 24.6 Å². The van der Waals surface area contributed by atoms with E-state index >= 15 is 0 Å². The molecule has 1 aromatic carbocycles. The van der Waals surface area contributed by atoms with Crippen molar-refractivity contribution >= 4 is 12.3 Å². The second-order valence-corrected chi connectivity index (χ2v) is 3.21. The van der Waals surface area contributed by atoms with Crippen molar-refractivity contribution in [3.05, 3.63) is 29.3 Å². The Morgan fingerprint density at radius 2 is 2.19 bits per heavy atom. The highest BCUT2D eigenvalue weighted by Crippen LogP contribution is 2.19. The van der Waals surface area contributed by atoms with Crippen molar-refractivity contribution < 1.29 is 19.1 Å². The molecule has 0 saturated heterocycles. The van der Waals surface area contributed by atoms with Gasteiger partial charge in [-0.2, -0.15) is 0 Å². The zero-order valence-corrected chi connectivity index (χ0v) is 9.36. The Morgan fingerprint density at radius 3 is 2.75 bits per heavy atom. The lowest BCUT2D eigenvalue weighted by molar-refractivity contribution is 0.0600. The molecule has 86 valence electrons. The molecule has 1 aromatic rings. The number of hydrogen-bond acceptors (Lipinski definition) is 4. The Bertz CT molecular complexity index is 385. The highest BCUT2D eigenvalue weighted by molar-refractivity contribution is 5.91. The third kappa shape index (κ3) is 2.82. The highest BCUT2D eigenvalue weighted by Gasteiger charge is 2.10. The first-order valence-corrected chi connectivity index (χ1v) is 5.03. The van der Waals surface area contributed by atoms with Crippen LogP contribution in [0.25, 0.3) is 0 Å². The van der Waals surface area contributed by atoms with Crippen LogP contribution in [0.3, 0.4) is 0 Å². The van der Waals surface area contributed by atoms with Crippen molar-refractivity contribution in [2.24, 2.45) is 0 Å². The minimum Gasteiger partial charge on any atom is -0.493 e. The Hall–Kier alpha value is -1.84. The standard InChI is InChI=1S/C12H14O4/c1-3-6-16-11-7-9(12(14)15-2)4-5-10(11)8-13/h4-5,7-8H,3,6H2,1-2H3. The third-order valence-electron chi connectivity index (χ3n) is 2.02. The zero-order chi connectivity index (χ0) is 12.0. The molecule has 4 heteroatoms. The van der Waals surface area contributed by atoms with Crippen LogP contribution in [-0.2, 0) is 4.74 Å². The lowest BCUT2D eigenvalue weighted by atomic mass is 10.1. The van der Waals surface area contributed by atoms with E-state index in [0.29, 0.717) is 29.8 Å². The fourth-order valence-electron chi connectivity index (χ4n) is 1.21. The second kappa shape index (κ2) is 5.90. The molecule has 0 radical (unpaired) electrons. The Kier molecular flexibility index (Phi) is 4.51. The molecule has 0 aromatic heterocycles. The van der Waals surface area contributed by atoms with Gasteiger partial charge >= 0.3 is 5.97 Å². The van der Waals surface area contributed by atoms with Gasteiger partial charge < -0.3 is 9.47 Å². The van der Waals surface area contributed by atoms with Gasteiger partial charge in [0.15, 0.2) is 6.29 Å². The summed E-state index contributed by atoms with van der Waals surface area (Å²) in [6, 6.07) is 4.60. The van der Waals surface area contributed by atoms with E-state index in [9.17, 15) is 9.59 Å². The number of hydrogen-bond donors (Lipinski definition) is 0. The van der Waals surface area contributed by atoms with E-state index in [-0.39, 0.29) is 0 Å². The predicted molar refractivity (Wildman–Crippen MR) is 59.0 cm³/mol. The van der Waals surface area contributed by atoms with E-state index in [4.69, 9.17) is 4.74 Å².